The van der Waals surface area contributed by atoms with Gasteiger partial charge in [0.2, 0.25) is 0 Å². The molecule has 56 valence electrons. The molecule has 2 aromatic rings. The highest BCUT2D eigenvalue weighted by Gasteiger charge is 2.01. The molecule has 0 saturated heterocycles. The number of nitrogens with one attached hydrogen (secondary N) is 1. The Labute approximate surface area is 68.4 Å². The first-order chi connectivity index (χ1) is 5.27. The molecule has 0 aromatic carbocycles. The van der Waals surface area contributed by atoms with Gasteiger partial charge in [0.15, 0.2) is 0 Å². The first-order valence-electron chi connectivity index (χ1n) is 3.23. The minimum absolute atomic E-state index is 0.511. The van der Waals surface area contributed by atoms with E-state index < -0.39 is 0 Å². The van der Waals surface area contributed by atoms with Crippen LogP contribution >= 0.6 is 11.6 Å². The van der Waals surface area contributed by atoms with E-state index in [-0.39, 0.29) is 0 Å². The van der Waals surface area contributed by atoms with Gasteiger partial charge in [-0.2, -0.15) is 5.10 Å². The van der Waals surface area contributed by atoms with E-state index in [2.05, 4.69) is 15.2 Å². The Kier molecular flexibility index (Phi) is 1.32. The molecule has 0 radical (unpaired) electrons. The molecule has 0 amide bonds. The standard InChI is InChI=1S/C7H6ClN3/c1-4-7-5(3-9-11-7)2-6(8)10-4/h2-3H,1H3,(H,9,11). The molecule has 0 aliphatic carbocycles. The Bertz CT molecular complexity index is 393. The molecule has 0 aliphatic rings. The van der Waals surface area contributed by atoms with E-state index in [9.17, 15) is 0 Å². The van der Waals surface area contributed by atoms with Crippen molar-refractivity contribution < 1.29 is 0 Å². The summed E-state index contributed by atoms with van der Waals surface area (Å²) in [7, 11) is 0. The van der Waals surface area contributed by atoms with Crippen molar-refractivity contribution in [1.82, 2.24) is 15.2 Å². The van der Waals surface area contributed by atoms with Gasteiger partial charge in [0.25, 0.3) is 0 Å². The summed E-state index contributed by atoms with van der Waals surface area (Å²) >= 11 is 5.73. The number of aryl methyl sites for hydroxylation is 1. The van der Waals surface area contributed by atoms with Crippen molar-refractivity contribution in [3.63, 3.8) is 0 Å². The fraction of sp³-hybridized carbons (Fsp3) is 0.143. The molecule has 4 heteroatoms. The van der Waals surface area contributed by atoms with Crippen LogP contribution < -0.4 is 0 Å². The van der Waals surface area contributed by atoms with Crippen molar-refractivity contribution in [1.29, 1.82) is 0 Å². The molecule has 1 N–H and O–H groups in total. The summed E-state index contributed by atoms with van der Waals surface area (Å²) in [5.41, 5.74) is 1.83. The van der Waals surface area contributed by atoms with E-state index in [1.165, 1.54) is 0 Å². The predicted molar refractivity (Wildman–Crippen MR) is 43.6 cm³/mol. The summed E-state index contributed by atoms with van der Waals surface area (Å²) < 4.78 is 0. The summed E-state index contributed by atoms with van der Waals surface area (Å²) in [6, 6.07) is 1.79. The van der Waals surface area contributed by atoms with Crippen LogP contribution in [0.2, 0.25) is 5.15 Å². The lowest BCUT2D eigenvalue weighted by Gasteiger charge is -1.94. The third-order valence-corrected chi connectivity index (χ3v) is 1.77. The molecule has 2 aromatic heterocycles. The first-order valence-corrected chi connectivity index (χ1v) is 3.61. The molecule has 0 saturated carbocycles. The number of nitrogens with zero attached hydrogens (tertiary/aromatic N) is 2. The lowest BCUT2D eigenvalue weighted by molar-refractivity contribution is 1.10. The first kappa shape index (κ1) is 6.61. The maximum atomic E-state index is 5.73. The number of fused-ring (bicyclic) bond motifs is 1. The van der Waals surface area contributed by atoms with E-state index in [1.54, 1.807) is 12.3 Å². The monoisotopic (exact) mass is 167 g/mol. The highest BCUT2D eigenvalue weighted by Crippen LogP contribution is 2.17. The number of aromatic nitrogens is 3. The molecule has 0 aliphatic heterocycles. The second-order valence-corrected chi connectivity index (χ2v) is 2.75. The molecule has 2 heterocycles. The maximum absolute atomic E-state index is 5.73. The Balaban J connectivity index is 2.91. The SMILES string of the molecule is Cc1nc(Cl)cc2cn[nH]c12. The predicted octanol–water partition coefficient (Wildman–Crippen LogP) is 1.92. The Hall–Kier alpha value is -1.09. The van der Waals surface area contributed by atoms with Gasteiger partial charge >= 0.3 is 0 Å². The molecular weight excluding hydrogens is 162 g/mol. The van der Waals surface area contributed by atoms with Crippen molar-refractivity contribution in [2.45, 2.75) is 6.92 Å². The summed E-state index contributed by atoms with van der Waals surface area (Å²) in [6.45, 7) is 1.90. The number of hydrogen-bond donors (Lipinski definition) is 1. The average molecular weight is 168 g/mol. The van der Waals surface area contributed by atoms with Crippen molar-refractivity contribution in [2.24, 2.45) is 0 Å². The van der Waals surface area contributed by atoms with Crippen molar-refractivity contribution in [2.75, 3.05) is 0 Å². The molecule has 0 fully saturated rings. The Morgan fingerprint density at radius 2 is 2.36 bits per heavy atom. The van der Waals surface area contributed by atoms with E-state index >= 15 is 0 Å². The van der Waals surface area contributed by atoms with Gasteiger partial charge in [-0.3, -0.25) is 5.10 Å². The normalized spacial score (nSPS) is 10.7. The molecule has 0 atom stereocenters. The van der Waals surface area contributed by atoms with Gasteiger partial charge in [0.1, 0.15) is 5.15 Å². The second-order valence-electron chi connectivity index (χ2n) is 2.36. The second kappa shape index (κ2) is 2.20. The van der Waals surface area contributed by atoms with Gasteiger partial charge in [-0.25, -0.2) is 4.98 Å². The lowest BCUT2D eigenvalue weighted by atomic mass is 10.3. The number of halogens is 1. The quantitative estimate of drug-likeness (QED) is 0.609. The number of H-pyrrole nitrogens is 1. The van der Waals surface area contributed by atoms with Gasteiger partial charge < -0.3 is 0 Å². The Morgan fingerprint density at radius 1 is 1.55 bits per heavy atom. The topological polar surface area (TPSA) is 41.6 Å². The van der Waals surface area contributed by atoms with E-state index in [1.807, 2.05) is 6.92 Å². The van der Waals surface area contributed by atoms with Crippen LogP contribution in [0.3, 0.4) is 0 Å². The largest absolute Gasteiger partial charge is 0.276 e. The zero-order valence-electron chi connectivity index (χ0n) is 5.93. The van der Waals surface area contributed by atoms with Gasteiger partial charge in [0.05, 0.1) is 17.4 Å². The van der Waals surface area contributed by atoms with Crippen LogP contribution in [-0.2, 0) is 0 Å². The average Bonchev–Trinajstić information content (AvgIpc) is 2.34. The van der Waals surface area contributed by atoms with Crippen LogP contribution in [0.5, 0.6) is 0 Å². The van der Waals surface area contributed by atoms with Crippen molar-refractivity contribution in [3.05, 3.63) is 23.1 Å². The van der Waals surface area contributed by atoms with E-state index in [0.29, 0.717) is 5.15 Å². The lowest BCUT2D eigenvalue weighted by Crippen LogP contribution is -1.83. The number of aromatic amines is 1. The molecular formula is C7H6ClN3. The molecule has 0 spiro atoms. The van der Waals surface area contributed by atoms with Crippen LogP contribution in [0.15, 0.2) is 12.3 Å². The van der Waals surface area contributed by atoms with Gasteiger partial charge in [-0.15, -0.1) is 0 Å². The molecule has 3 nitrogen and oxygen atoms in total. The number of rotatable bonds is 0. The third-order valence-electron chi connectivity index (χ3n) is 1.58. The Morgan fingerprint density at radius 3 is 3.18 bits per heavy atom. The van der Waals surface area contributed by atoms with Crippen molar-refractivity contribution >= 4 is 22.5 Å². The molecule has 2 rings (SSSR count). The van der Waals surface area contributed by atoms with Gasteiger partial charge in [0, 0.05) is 5.39 Å². The minimum atomic E-state index is 0.511. The smallest absolute Gasteiger partial charge is 0.130 e. The van der Waals surface area contributed by atoms with Crippen LogP contribution in [-0.4, -0.2) is 15.2 Å². The van der Waals surface area contributed by atoms with Gasteiger partial charge in [-0.1, -0.05) is 11.6 Å². The summed E-state index contributed by atoms with van der Waals surface area (Å²) in [4.78, 5) is 4.07. The number of hydrogen-bond acceptors (Lipinski definition) is 2. The molecule has 0 bridgehead atoms. The highest BCUT2D eigenvalue weighted by atomic mass is 35.5. The van der Waals surface area contributed by atoms with Crippen LogP contribution in [0.4, 0.5) is 0 Å². The van der Waals surface area contributed by atoms with Crippen LogP contribution in [0.25, 0.3) is 10.9 Å². The van der Waals surface area contributed by atoms with Gasteiger partial charge in [-0.05, 0) is 13.0 Å². The van der Waals surface area contributed by atoms with E-state index in [4.69, 9.17) is 11.6 Å². The van der Waals surface area contributed by atoms with Crippen molar-refractivity contribution in [3.8, 4) is 0 Å². The fourth-order valence-electron chi connectivity index (χ4n) is 1.07. The fourth-order valence-corrected chi connectivity index (χ4v) is 1.32. The molecule has 11 heavy (non-hydrogen) atoms. The zero-order valence-corrected chi connectivity index (χ0v) is 6.68. The molecule has 0 unspecified atom stereocenters. The summed E-state index contributed by atoms with van der Waals surface area (Å²) in [5, 5.41) is 8.24. The minimum Gasteiger partial charge on any atom is -0.276 e. The summed E-state index contributed by atoms with van der Waals surface area (Å²) in [5.74, 6) is 0. The number of pyridine rings is 1. The zero-order chi connectivity index (χ0) is 7.84. The maximum Gasteiger partial charge on any atom is 0.130 e. The third kappa shape index (κ3) is 0.973. The summed E-state index contributed by atoms with van der Waals surface area (Å²) in [6.07, 6.45) is 1.73. The van der Waals surface area contributed by atoms with E-state index in [0.717, 1.165) is 16.6 Å². The highest BCUT2D eigenvalue weighted by molar-refractivity contribution is 6.30. The van der Waals surface area contributed by atoms with Crippen LogP contribution in [0, 0.1) is 6.92 Å². The van der Waals surface area contributed by atoms with Crippen LogP contribution in [0.1, 0.15) is 5.69 Å².